The molecule has 0 spiro atoms. The Balaban J connectivity index is 1.80. The third-order valence-electron chi connectivity index (χ3n) is 4.19. The molecule has 0 radical (unpaired) electrons. The number of anilines is 1. The minimum absolute atomic E-state index is 0.167. The number of benzene rings is 2. The summed E-state index contributed by atoms with van der Waals surface area (Å²) in [5, 5.41) is 15.3. The van der Waals surface area contributed by atoms with Gasteiger partial charge in [-0.2, -0.15) is 4.68 Å². The summed E-state index contributed by atoms with van der Waals surface area (Å²) in [5.41, 5.74) is 2.95. The van der Waals surface area contributed by atoms with Gasteiger partial charge in [0.05, 0.1) is 14.2 Å². The molecule has 0 fully saturated rings. The summed E-state index contributed by atoms with van der Waals surface area (Å²) in [7, 11) is 3.31. The van der Waals surface area contributed by atoms with Crippen molar-refractivity contribution < 1.29 is 9.47 Å². The molecule has 25 heavy (non-hydrogen) atoms. The second-order valence-corrected chi connectivity index (χ2v) is 5.57. The molecule has 3 aromatic rings. The van der Waals surface area contributed by atoms with Crippen molar-refractivity contribution in [2.45, 2.75) is 6.04 Å². The van der Waals surface area contributed by atoms with E-state index in [1.165, 1.54) is 0 Å². The number of hydrogen-bond donors (Lipinski definition) is 1. The van der Waals surface area contributed by atoms with Crippen LogP contribution in [0.25, 0.3) is 5.70 Å². The summed E-state index contributed by atoms with van der Waals surface area (Å²) in [6.45, 7) is 0. The number of nitrogens with one attached hydrogen (secondary N) is 1. The van der Waals surface area contributed by atoms with Gasteiger partial charge in [-0.1, -0.05) is 23.3 Å². The number of para-hydroxylation sites is 1. The molecule has 2 aromatic carbocycles. The van der Waals surface area contributed by atoms with Gasteiger partial charge in [-0.3, -0.25) is 0 Å². The summed E-state index contributed by atoms with van der Waals surface area (Å²) in [5.74, 6) is 2.19. The standard InChI is InChI=1S/C18H17N5O2/c1-24-13-9-7-12(8-10-13)15-11-16(23-18(19-15)20-21-22-23)14-5-3-4-6-17(14)25-2/h3-11,16H,1-2H3,(H,19,20,22)/t16-/m0/s1. The fourth-order valence-electron chi connectivity index (χ4n) is 2.93. The second-order valence-electron chi connectivity index (χ2n) is 5.57. The van der Waals surface area contributed by atoms with Crippen molar-refractivity contribution in [2.24, 2.45) is 0 Å². The molecule has 1 aromatic heterocycles. The molecule has 0 unspecified atom stereocenters. The third kappa shape index (κ3) is 2.69. The van der Waals surface area contributed by atoms with Crippen molar-refractivity contribution in [1.82, 2.24) is 20.2 Å². The molecule has 0 saturated carbocycles. The first-order chi connectivity index (χ1) is 12.3. The topological polar surface area (TPSA) is 74.1 Å². The maximum atomic E-state index is 5.51. The van der Waals surface area contributed by atoms with E-state index in [4.69, 9.17) is 9.47 Å². The Labute approximate surface area is 144 Å². The number of methoxy groups -OCH3 is 2. The fraction of sp³-hybridized carbons (Fsp3) is 0.167. The van der Waals surface area contributed by atoms with Crippen LogP contribution >= 0.6 is 0 Å². The van der Waals surface area contributed by atoms with Gasteiger partial charge < -0.3 is 14.8 Å². The van der Waals surface area contributed by atoms with Gasteiger partial charge in [-0.25, -0.2) is 0 Å². The number of rotatable bonds is 4. The van der Waals surface area contributed by atoms with Crippen LogP contribution in [0.4, 0.5) is 5.95 Å². The molecule has 7 heteroatoms. The van der Waals surface area contributed by atoms with Gasteiger partial charge in [0.1, 0.15) is 17.5 Å². The molecule has 1 aliphatic rings. The van der Waals surface area contributed by atoms with E-state index >= 15 is 0 Å². The van der Waals surface area contributed by atoms with E-state index in [-0.39, 0.29) is 6.04 Å². The summed E-state index contributed by atoms with van der Waals surface area (Å²) in [6, 6.07) is 15.5. The highest BCUT2D eigenvalue weighted by Gasteiger charge is 2.26. The van der Waals surface area contributed by atoms with E-state index < -0.39 is 0 Å². The van der Waals surface area contributed by atoms with Gasteiger partial charge in [0.2, 0.25) is 5.95 Å². The van der Waals surface area contributed by atoms with Crippen LogP contribution in [0.15, 0.2) is 54.6 Å². The number of hydrogen-bond acceptors (Lipinski definition) is 6. The Kier molecular flexibility index (Phi) is 3.81. The first-order valence-electron chi connectivity index (χ1n) is 7.84. The fourth-order valence-corrected chi connectivity index (χ4v) is 2.93. The van der Waals surface area contributed by atoms with Gasteiger partial charge in [0, 0.05) is 11.3 Å². The van der Waals surface area contributed by atoms with Crippen LogP contribution in [0.2, 0.25) is 0 Å². The van der Waals surface area contributed by atoms with Crippen LogP contribution in [-0.4, -0.2) is 34.4 Å². The number of aromatic nitrogens is 4. The lowest BCUT2D eigenvalue weighted by Gasteiger charge is -2.24. The molecule has 1 N–H and O–H groups in total. The summed E-state index contributed by atoms with van der Waals surface area (Å²) in [4.78, 5) is 0. The van der Waals surface area contributed by atoms with E-state index in [9.17, 15) is 0 Å². The van der Waals surface area contributed by atoms with Gasteiger partial charge >= 0.3 is 0 Å². The molecule has 0 amide bonds. The van der Waals surface area contributed by atoms with Crippen molar-refractivity contribution in [3.63, 3.8) is 0 Å². The Morgan fingerprint density at radius 2 is 1.80 bits per heavy atom. The number of nitrogens with zero attached hydrogens (tertiary/aromatic N) is 4. The molecule has 1 atom stereocenters. The SMILES string of the molecule is COc1ccc(C2=C[C@@H](c3ccccc3OC)n3nnnc3N2)cc1. The van der Waals surface area contributed by atoms with Crippen LogP contribution in [0.1, 0.15) is 17.2 Å². The first kappa shape index (κ1) is 15.2. The van der Waals surface area contributed by atoms with Crippen LogP contribution in [0.3, 0.4) is 0 Å². The molecule has 0 aliphatic carbocycles. The zero-order valence-corrected chi connectivity index (χ0v) is 13.9. The molecule has 0 bridgehead atoms. The van der Waals surface area contributed by atoms with Crippen LogP contribution in [0, 0.1) is 0 Å². The highest BCUT2D eigenvalue weighted by molar-refractivity contribution is 5.77. The van der Waals surface area contributed by atoms with Gasteiger partial charge in [-0.05, 0) is 52.4 Å². The molecule has 2 heterocycles. The number of allylic oxidation sites excluding steroid dienone is 1. The molecule has 0 saturated heterocycles. The second kappa shape index (κ2) is 6.27. The summed E-state index contributed by atoms with van der Waals surface area (Å²) >= 11 is 0. The number of tetrazole rings is 1. The third-order valence-corrected chi connectivity index (χ3v) is 4.19. The predicted molar refractivity (Wildman–Crippen MR) is 93.5 cm³/mol. The molecule has 126 valence electrons. The lowest BCUT2D eigenvalue weighted by molar-refractivity contribution is 0.403. The average Bonchev–Trinajstić information content (AvgIpc) is 3.16. The zero-order chi connectivity index (χ0) is 17.2. The summed E-state index contributed by atoms with van der Waals surface area (Å²) < 4.78 is 12.5. The van der Waals surface area contributed by atoms with Crippen LogP contribution < -0.4 is 14.8 Å². The highest BCUT2D eigenvalue weighted by atomic mass is 16.5. The normalized spacial score (nSPS) is 15.8. The van der Waals surface area contributed by atoms with Crippen molar-refractivity contribution in [1.29, 1.82) is 0 Å². The lowest BCUT2D eigenvalue weighted by atomic mass is 10.0. The van der Waals surface area contributed by atoms with E-state index in [2.05, 4.69) is 26.9 Å². The average molecular weight is 335 g/mol. The first-order valence-corrected chi connectivity index (χ1v) is 7.84. The molecular formula is C18H17N5O2. The van der Waals surface area contributed by atoms with Crippen molar-refractivity contribution >= 4 is 11.6 Å². The van der Waals surface area contributed by atoms with E-state index in [1.807, 2.05) is 48.5 Å². The number of ether oxygens (including phenoxy) is 2. The van der Waals surface area contributed by atoms with Gasteiger partial charge in [0.15, 0.2) is 0 Å². The quantitative estimate of drug-likeness (QED) is 0.790. The van der Waals surface area contributed by atoms with E-state index in [1.54, 1.807) is 18.9 Å². The molecule has 4 rings (SSSR count). The minimum atomic E-state index is -0.167. The Morgan fingerprint density at radius 3 is 2.56 bits per heavy atom. The van der Waals surface area contributed by atoms with Crippen molar-refractivity contribution in [3.05, 3.63) is 65.7 Å². The van der Waals surface area contributed by atoms with Crippen LogP contribution in [-0.2, 0) is 0 Å². The Bertz CT molecular complexity index is 917. The van der Waals surface area contributed by atoms with Gasteiger partial charge in [-0.15, -0.1) is 0 Å². The van der Waals surface area contributed by atoms with E-state index in [0.717, 1.165) is 28.3 Å². The van der Waals surface area contributed by atoms with E-state index in [0.29, 0.717) is 5.95 Å². The lowest BCUT2D eigenvalue weighted by Crippen LogP contribution is -2.20. The monoisotopic (exact) mass is 335 g/mol. The highest BCUT2D eigenvalue weighted by Crippen LogP contribution is 2.35. The van der Waals surface area contributed by atoms with Crippen molar-refractivity contribution in [3.8, 4) is 11.5 Å². The number of fused-ring (bicyclic) bond motifs is 1. The molecular weight excluding hydrogens is 318 g/mol. The predicted octanol–water partition coefficient (Wildman–Crippen LogP) is 2.75. The Hall–Kier alpha value is -3.35. The maximum absolute atomic E-state index is 5.51. The molecule has 7 nitrogen and oxygen atoms in total. The largest absolute Gasteiger partial charge is 0.497 e. The van der Waals surface area contributed by atoms with Gasteiger partial charge in [0.25, 0.3) is 0 Å². The maximum Gasteiger partial charge on any atom is 0.248 e. The minimum Gasteiger partial charge on any atom is -0.497 e. The smallest absolute Gasteiger partial charge is 0.248 e. The van der Waals surface area contributed by atoms with Crippen molar-refractivity contribution in [2.75, 3.05) is 19.5 Å². The summed E-state index contributed by atoms with van der Waals surface area (Å²) in [6.07, 6.45) is 2.09. The van der Waals surface area contributed by atoms with Crippen LogP contribution in [0.5, 0.6) is 11.5 Å². The zero-order valence-electron chi connectivity index (χ0n) is 13.9. The Morgan fingerprint density at radius 1 is 1.00 bits per heavy atom. The molecule has 1 aliphatic heterocycles.